The molecule has 0 spiro atoms. The molecule has 1 fully saturated rings. The average Bonchev–Trinajstić information content (AvgIpc) is 3.04. The first-order valence-electron chi connectivity index (χ1n) is 7.93. The molecule has 1 aromatic carbocycles. The standard InChI is InChI=1S/C17H24ClNO3/c1-4-19(13-8-6-7-9-13)17(20)12-10-14(18)16(22-5-2)15(11-12)21-3/h10-11,13H,4-9H2,1-3H3. The lowest BCUT2D eigenvalue weighted by Gasteiger charge is -2.28. The fourth-order valence-electron chi connectivity index (χ4n) is 3.08. The Labute approximate surface area is 137 Å². The van der Waals surface area contributed by atoms with Gasteiger partial charge in [-0.1, -0.05) is 24.4 Å². The van der Waals surface area contributed by atoms with Gasteiger partial charge in [-0.25, -0.2) is 0 Å². The van der Waals surface area contributed by atoms with Gasteiger partial charge in [0.05, 0.1) is 18.7 Å². The van der Waals surface area contributed by atoms with Crippen LogP contribution in [0.1, 0.15) is 49.9 Å². The Morgan fingerprint density at radius 3 is 2.55 bits per heavy atom. The second kappa shape index (κ2) is 7.73. The minimum absolute atomic E-state index is 0.0117. The van der Waals surface area contributed by atoms with Gasteiger partial charge in [0.15, 0.2) is 11.5 Å². The van der Waals surface area contributed by atoms with Crippen molar-refractivity contribution in [2.75, 3.05) is 20.3 Å². The van der Waals surface area contributed by atoms with Crippen LogP contribution in [-0.4, -0.2) is 37.1 Å². The van der Waals surface area contributed by atoms with Gasteiger partial charge in [0.1, 0.15) is 0 Å². The number of halogens is 1. The maximum Gasteiger partial charge on any atom is 0.254 e. The van der Waals surface area contributed by atoms with E-state index in [4.69, 9.17) is 21.1 Å². The van der Waals surface area contributed by atoms with Crippen molar-refractivity contribution in [2.45, 2.75) is 45.6 Å². The summed E-state index contributed by atoms with van der Waals surface area (Å²) in [7, 11) is 1.55. The van der Waals surface area contributed by atoms with Crippen LogP contribution < -0.4 is 9.47 Å². The van der Waals surface area contributed by atoms with Gasteiger partial charge in [0.25, 0.3) is 5.91 Å². The summed E-state index contributed by atoms with van der Waals surface area (Å²) < 4.78 is 10.8. The molecular formula is C17H24ClNO3. The van der Waals surface area contributed by atoms with E-state index in [1.54, 1.807) is 19.2 Å². The molecule has 0 unspecified atom stereocenters. The smallest absolute Gasteiger partial charge is 0.254 e. The number of methoxy groups -OCH3 is 1. The van der Waals surface area contributed by atoms with Crippen molar-refractivity contribution < 1.29 is 14.3 Å². The van der Waals surface area contributed by atoms with Crippen LogP contribution in [0.25, 0.3) is 0 Å². The molecule has 0 saturated heterocycles. The maximum atomic E-state index is 12.8. The largest absolute Gasteiger partial charge is 0.493 e. The highest BCUT2D eigenvalue weighted by Gasteiger charge is 2.27. The number of nitrogens with zero attached hydrogens (tertiary/aromatic N) is 1. The van der Waals surface area contributed by atoms with Gasteiger partial charge >= 0.3 is 0 Å². The predicted octanol–water partition coefficient (Wildman–Crippen LogP) is 4.15. The van der Waals surface area contributed by atoms with Gasteiger partial charge in [0, 0.05) is 18.2 Å². The maximum absolute atomic E-state index is 12.8. The molecule has 0 N–H and O–H groups in total. The fraction of sp³-hybridized carbons (Fsp3) is 0.588. The van der Waals surface area contributed by atoms with E-state index in [9.17, 15) is 4.79 Å². The van der Waals surface area contributed by atoms with Crippen molar-refractivity contribution in [3.05, 3.63) is 22.7 Å². The van der Waals surface area contributed by atoms with Crippen molar-refractivity contribution in [1.82, 2.24) is 4.90 Å². The topological polar surface area (TPSA) is 38.8 Å². The van der Waals surface area contributed by atoms with E-state index < -0.39 is 0 Å². The Kier molecular flexibility index (Phi) is 5.95. The monoisotopic (exact) mass is 325 g/mol. The normalized spacial score (nSPS) is 14.9. The van der Waals surface area contributed by atoms with E-state index in [1.165, 1.54) is 12.8 Å². The molecule has 0 atom stereocenters. The summed E-state index contributed by atoms with van der Waals surface area (Å²) in [5.41, 5.74) is 0.555. The van der Waals surface area contributed by atoms with Crippen LogP contribution in [-0.2, 0) is 0 Å². The Morgan fingerprint density at radius 2 is 2.00 bits per heavy atom. The van der Waals surface area contributed by atoms with Crippen LogP contribution >= 0.6 is 11.6 Å². The van der Waals surface area contributed by atoms with Crippen molar-refractivity contribution in [3.63, 3.8) is 0 Å². The molecule has 4 nitrogen and oxygen atoms in total. The number of rotatable bonds is 6. The highest BCUT2D eigenvalue weighted by atomic mass is 35.5. The highest BCUT2D eigenvalue weighted by molar-refractivity contribution is 6.32. The van der Waals surface area contributed by atoms with Crippen molar-refractivity contribution in [3.8, 4) is 11.5 Å². The van der Waals surface area contributed by atoms with Gasteiger partial charge in [0.2, 0.25) is 0 Å². The first-order valence-corrected chi connectivity index (χ1v) is 8.31. The molecule has 1 saturated carbocycles. The lowest BCUT2D eigenvalue weighted by Crippen LogP contribution is -2.38. The number of amides is 1. The molecule has 22 heavy (non-hydrogen) atoms. The molecule has 1 amide bonds. The molecule has 1 aromatic rings. The number of carbonyl (C=O) groups is 1. The van der Waals surface area contributed by atoms with E-state index in [2.05, 4.69) is 0 Å². The van der Waals surface area contributed by atoms with Gasteiger partial charge in [-0.15, -0.1) is 0 Å². The molecule has 0 bridgehead atoms. The lowest BCUT2D eigenvalue weighted by molar-refractivity contribution is 0.0693. The van der Waals surface area contributed by atoms with Crippen LogP contribution in [0.2, 0.25) is 5.02 Å². The van der Waals surface area contributed by atoms with Gasteiger partial charge in [-0.2, -0.15) is 0 Å². The highest BCUT2D eigenvalue weighted by Crippen LogP contribution is 2.37. The summed E-state index contributed by atoms with van der Waals surface area (Å²) in [6.07, 6.45) is 4.56. The van der Waals surface area contributed by atoms with Crippen molar-refractivity contribution >= 4 is 17.5 Å². The minimum Gasteiger partial charge on any atom is -0.493 e. The molecule has 1 aliphatic rings. The number of hydrogen-bond acceptors (Lipinski definition) is 3. The molecular weight excluding hydrogens is 302 g/mol. The zero-order valence-electron chi connectivity index (χ0n) is 13.5. The summed E-state index contributed by atoms with van der Waals surface area (Å²) in [5, 5.41) is 0.409. The summed E-state index contributed by atoms with van der Waals surface area (Å²) in [6, 6.07) is 3.74. The number of hydrogen-bond donors (Lipinski definition) is 0. The Balaban J connectivity index is 2.30. The second-order valence-electron chi connectivity index (χ2n) is 5.45. The molecule has 0 heterocycles. The summed E-state index contributed by atoms with van der Waals surface area (Å²) in [4.78, 5) is 14.8. The third kappa shape index (κ3) is 3.49. The summed E-state index contributed by atoms with van der Waals surface area (Å²) in [5.74, 6) is 1.00. The van der Waals surface area contributed by atoms with Crippen LogP contribution in [0.15, 0.2) is 12.1 Å². The number of carbonyl (C=O) groups excluding carboxylic acids is 1. The molecule has 122 valence electrons. The van der Waals surface area contributed by atoms with E-state index in [-0.39, 0.29) is 5.91 Å². The van der Waals surface area contributed by atoms with E-state index in [0.717, 1.165) is 12.8 Å². The Morgan fingerprint density at radius 1 is 1.32 bits per heavy atom. The zero-order chi connectivity index (χ0) is 16.1. The minimum atomic E-state index is 0.0117. The third-order valence-corrected chi connectivity index (χ3v) is 4.41. The van der Waals surface area contributed by atoms with Crippen LogP contribution in [0, 0.1) is 0 Å². The predicted molar refractivity (Wildman–Crippen MR) is 88.1 cm³/mol. The average molecular weight is 326 g/mol. The molecule has 5 heteroatoms. The number of ether oxygens (including phenoxy) is 2. The first kappa shape index (κ1) is 16.9. The summed E-state index contributed by atoms with van der Waals surface area (Å²) in [6.45, 7) is 5.10. The van der Waals surface area contributed by atoms with Gasteiger partial charge in [-0.05, 0) is 38.8 Å². The Hall–Kier alpha value is -1.42. The Bertz CT molecular complexity index is 527. The second-order valence-corrected chi connectivity index (χ2v) is 5.86. The van der Waals surface area contributed by atoms with Crippen LogP contribution in [0.3, 0.4) is 0 Å². The van der Waals surface area contributed by atoms with Crippen molar-refractivity contribution in [1.29, 1.82) is 0 Å². The SMILES string of the molecule is CCOc1c(Cl)cc(C(=O)N(CC)C2CCCC2)cc1OC. The molecule has 1 aliphatic carbocycles. The van der Waals surface area contributed by atoms with Gasteiger partial charge < -0.3 is 14.4 Å². The molecule has 0 aromatic heterocycles. The van der Waals surface area contributed by atoms with E-state index >= 15 is 0 Å². The first-order chi connectivity index (χ1) is 10.6. The van der Waals surface area contributed by atoms with Gasteiger partial charge in [-0.3, -0.25) is 4.79 Å². The quantitative estimate of drug-likeness (QED) is 0.788. The number of benzene rings is 1. The van der Waals surface area contributed by atoms with Crippen molar-refractivity contribution in [2.24, 2.45) is 0 Å². The third-order valence-electron chi connectivity index (χ3n) is 4.13. The van der Waals surface area contributed by atoms with E-state index in [0.29, 0.717) is 41.3 Å². The molecule has 2 rings (SSSR count). The molecule has 0 radical (unpaired) electrons. The van der Waals surface area contributed by atoms with Crippen LogP contribution in [0.5, 0.6) is 11.5 Å². The lowest BCUT2D eigenvalue weighted by atomic mass is 10.1. The zero-order valence-corrected chi connectivity index (χ0v) is 14.3. The molecule has 0 aliphatic heterocycles. The van der Waals surface area contributed by atoms with E-state index in [1.807, 2.05) is 18.7 Å². The summed E-state index contributed by atoms with van der Waals surface area (Å²) >= 11 is 6.27. The van der Waals surface area contributed by atoms with Crippen LogP contribution in [0.4, 0.5) is 0 Å². The fourth-order valence-corrected chi connectivity index (χ4v) is 3.34.